The summed E-state index contributed by atoms with van der Waals surface area (Å²) in [5.74, 6) is 0.665. The van der Waals surface area contributed by atoms with Gasteiger partial charge in [-0.15, -0.1) is 0 Å². The van der Waals surface area contributed by atoms with E-state index in [2.05, 4.69) is 4.72 Å². The van der Waals surface area contributed by atoms with Crippen LogP contribution in [0.2, 0.25) is 0 Å². The lowest BCUT2D eigenvalue weighted by Crippen LogP contribution is -2.25. The van der Waals surface area contributed by atoms with Crippen LogP contribution in [0.25, 0.3) is 11.3 Å². The summed E-state index contributed by atoms with van der Waals surface area (Å²) >= 11 is 0. The lowest BCUT2D eigenvalue weighted by atomic mass is 10.2. The summed E-state index contributed by atoms with van der Waals surface area (Å²) in [5, 5.41) is 0. The Hall–Kier alpha value is -1.59. The number of benzene rings is 1. The first-order valence-electron chi connectivity index (χ1n) is 5.81. The summed E-state index contributed by atoms with van der Waals surface area (Å²) in [7, 11) is -3.40. The zero-order valence-electron chi connectivity index (χ0n) is 9.67. The van der Waals surface area contributed by atoms with Crippen LogP contribution in [0.4, 0.5) is 0 Å². The van der Waals surface area contributed by atoms with Crippen molar-refractivity contribution < 1.29 is 12.8 Å². The van der Waals surface area contributed by atoms with Crippen molar-refractivity contribution in [2.75, 3.05) is 0 Å². The van der Waals surface area contributed by atoms with E-state index in [1.807, 2.05) is 6.07 Å². The number of rotatable bonds is 4. The van der Waals surface area contributed by atoms with Crippen LogP contribution in [0.15, 0.2) is 52.0 Å². The van der Waals surface area contributed by atoms with Crippen molar-refractivity contribution in [2.45, 2.75) is 23.8 Å². The van der Waals surface area contributed by atoms with Gasteiger partial charge >= 0.3 is 0 Å². The fourth-order valence-electron chi connectivity index (χ4n) is 1.75. The van der Waals surface area contributed by atoms with Gasteiger partial charge in [-0.05, 0) is 37.1 Å². The predicted octanol–water partition coefficient (Wildman–Crippen LogP) is 2.39. The molecule has 1 N–H and O–H groups in total. The number of hydrogen-bond acceptors (Lipinski definition) is 3. The second kappa shape index (κ2) is 4.26. The lowest BCUT2D eigenvalue weighted by molar-refractivity contribution is 0.579. The highest BCUT2D eigenvalue weighted by Crippen LogP contribution is 2.25. The highest BCUT2D eigenvalue weighted by Gasteiger charge is 2.28. The van der Waals surface area contributed by atoms with Crippen molar-refractivity contribution in [1.29, 1.82) is 0 Å². The van der Waals surface area contributed by atoms with E-state index in [0.29, 0.717) is 5.76 Å². The van der Waals surface area contributed by atoms with Crippen LogP contribution in [0.1, 0.15) is 12.8 Å². The Morgan fingerprint density at radius 2 is 2.00 bits per heavy atom. The number of sulfonamides is 1. The molecule has 0 amide bonds. The molecule has 0 bridgehead atoms. The number of nitrogens with one attached hydrogen (secondary N) is 1. The maximum Gasteiger partial charge on any atom is 0.240 e. The van der Waals surface area contributed by atoms with E-state index in [1.165, 1.54) is 0 Å². The standard InChI is InChI=1S/C13H13NO3S/c15-18(16,14-11-6-7-11)12-4-1-3-10(9-12)13-5-2-8-17-13/h1-5,8-9,11,14H,6-7H2. The second-order valence-electron chi connectivity index (χ2n) is 4.40. The van der Waals surface area contributed by atoms with Gasteiger partial charge in [0.05, 0.1) is 11.2 Å². The highest BCUT2D eigenvalue weighted by atomic mass is 32.2. The molecular formula is C13H13NO3S. The maximum atomic E-state index is 12.1. The largest absolute Gasteiger partial charge is 0.464 e. The average molecular weight is 263 g/mol. The SMILES string of the molecule is O=S(=O)(NC1CC1)c1cccc(-c2ccco2)c1. The molecule has 94 valence electrons. The summed E-state index contributed by atoms with van der Waals surface area (Å²) in [4.78, 5) is 0.281. The molecule has 1 aromatic carbocycles. The highest BCUT2D eigenvalue weighted by molar-refractivity contribution is 7.89. The van der Waals surface area contributed by atoms with Crippen LogP contribution in [0.5, 0.6) is 0 Å². The van der Waals surface area contributed by atoms with E-state index >= 15 is 0 Å². The fourth-order valence-corrected chi connectivity index (χ4v) is 3.10. The summed E-state index contributed by atoms with van der Waals surface area (Å²) in [6.45, 7) is 0. The smallest absolute Gasteiger partial charge is 0.240 e. The Balaban J connectivity index is 1.95. The van der Waals surface area contributed by atoms with Gasteiger partial charge in [0.15, 0.2) is 0 Å². The molecule has 0 saturated heterocycles. The van der Waals surface area contributed by atoms with E-state index in [-0.39, 0.29) is 10.9 Å². The van der Waals surface area contributed by atoms with Crippen molar-refractivity contribution >= 4 is 10.0 Å². The molecule has 4 nitrogen and oxygen atoms in total. The molecule has 0 radical (unpaired) electrons. The first kappa shape index (κ1) is 11.5. The van der Waals surface area contributed by atoms with Gasteiger partial charge < -0.3 is 4.42 Å². The van der Waals surface area contributed by atoms with Gasteiger partial charge in [-0.25, -0.2) is 13.1 Å². The van der Waals surface area contributed by atoms with Gasteiger partial charge in [0.25, 0.3) is 0 Å². The lowest BCUT2D eigenvalue weighted by Gasteiger charge is -2.06. The van der Waals surface area contributed by atoms with E-state index in [9.17, 15) is 8.42 Å². The van der Waals surface area contributed by atoms with Gasteiger partial charge in [0.1, 0.15) is 5.76 Å². The Bertz CT molecular complexity index is 643. The number of furan rings is 1. The normalized spacial score (nSPS) is 15.8. The van der Waals surface area contributed by atoms with Crippen molar-refractivity contribution in [1.82, 2.24) is 4.72 Å². The van der Waals surface area contributed by atoms with E-state index in [4.69, 9.17) is 4.42 Å². The van der Waals surface area contributed by atoms with Crippen molar-refractivity contribution in [3.63, 3.8) is 0 Å². The molecule has 0 spiro atoms. The molecule has 0 aliphatic heterocycles. The van der Waals surface area contributed by atoms with Gasteiger partial charge in [-0.1, -0.05) is 12.1 Å². The van der Waals surface area contributed by atoms with Crippen molar-refractivity contribution in [3.05, 3.63) is 42.7 Å². The van der Waals surface area contributed by atoms with Gasteiger partial charge in [-0.3, -0.25) is 0 Å². The molecule has 3 rings (SSSR count). The van der Waals surface area contributed by atoms with E-state index < -0.39 is 10.0 Å². The maximum absolute atomic E-state index is 12.1. The van der Waals surface area contributed by atoms with Crippen LogP contribution in [0.3, 0.4) is 0 Å². The van der Waals surface area contributed by atoms with Crippen LogP contribution in [-0.4, -0.2) is 14.5 Å². The Kier molecular flexibility index (Phi) is 2.72. The average Bonchev–Trinajstić information content (AvgIpc) is 2.98. The molecule has 1 heterocycles. The van der Waals surface area contributed by atoms with Gasteiger partial charge in [-0.2, -0.15) is 0 Å². The molecule has 1 aromatic heterocycles. The van der Waals surface area contributed by atoms with Crippen LogP contribution in [-0.2, 0) is 10.0 Å². The Labute approximate surface area is 106 Å². The van der Waals surface area contributed by atoms with E-state index in [0.717, 1.165) is 18.4 Å². The Morgan fingerprint density at radius 3 is 2.67 bits per heavy atom. The van der Waals surface area contributed by atoms with Gasteiger partial charge in [0.2, 0.25) is 10.0 Å². The molecule has 0 unspecified atom stereocenters. The molecule has 0 atom stereocenters. The molecule has 5 heteroatoms. The monoisotopic (exact) mass is 263 g/mol. The molecule has 1 aliphatic carbocycles. The zero-order chi connectivity index (χ0) is 12.6. The summed E-state index contributed by atoms with van der Waals surface area (Å²) in [5.41, 5.74) is 0.763. The molecule has 1 aliphatic rings. The van der Waals surface area contributed by atoms with Crippen LogP contribution in [0, 0.1) is 0 Å². The fraction of sp³-hybridized carbons (Fsp3) is 0.231. The molecule has 2 aromatic rings. The zero-order valence-corrected chi connectivity index (χ0v) is 10.5. The number of hydrogen-bond donors (Lipinski definition) is 1. The topological polar surface area (TPSA) is 59.3 Å². The summed E-state index contributed by atoms with van der Waals surface area (Å²) < 4.78 is 32.1. The molecule has 1 fully saturated rings. The third-order valence-corrected chi connectivity index (χ3v) is 4.37. The molecular weight excluding hydrogens is 250 g/mol. The third-order valence-electron chi connectivity index (χ3n) is 2.85. The minimum Gasteiger partial charge on any atom is -0.464 e. The quantitative estimate of drug-likeness (QED) is 0.921. The van der Waals surface area contributed by atoms with Crippen LogP contribution >= 0.6 is 0 Å². The van der Waals surface area contributed by atoms with Gasteiger partial charge in [0, 0.05) is 11.6 Å². The minimum atomic E-state index is -3.40. The third kappa shape index (κ3) is 2.32. The van der Waals surface area contributed by atoms with E-state index in [1.54, 1.807) is 36.6 Å². The summed E-state index contributed by atoms with van der Waals surface area (Å²) in [6.07, 6.45) is 3.42. The predicted molar refractivity (Wildman–Crippen MR) is 67.5 cm³/mol. The molecule has 18 heavy (non-hydrogen) atoms. The minimum absolute atomic E-state index is 0.113. The molecule has 1 saturated carbocycles. The first-order chi connectivity index (χ1) is 8.65. The first-order valence-corrected chi connectivity index (χ1v) is 7.30. The Morgan fingerprint density at radius 1 is 1.17 bits per heavy atom. The van der Waals surface area contributed by atoms with Crippen molar-refractivity contribution in [2.24, 2.45) is 0 Å². The van der Waals surface area contributed by atoms with Crippen LogP contribution < -0.4 is 4.72 Å². The van der Waals surface area contributed by atoms with Crippen molar-refractivity contribution in [3.8, 4) is 11.3 Å². The summed E-state index contributed by atoms with van der Waals surface area (Å²) in [6, 6.07) is 10.5. The second-order valence-corrected chi connectivity index (χ2v) is 6.11.